The molecule has 0 atom stereocenters. The topological polar surface area (TPSA) is 101 Å². The maximum atomic E-state index is 14.4. The smallest absolute Gasteiger partial charge is 0.263 e. The van der Waals surface area contributed by atoms with Crippen LogP contribution in [0.2, 0.25) is 0 Å². The van der Waals surface area contributed by atoms with Crippen molar-refractivity contribution in [2.45, 2.75) is 25.8 Å². The van der Waals surface area contributed by atoms with Crippen LogP contribution in [-0.2, 0) is 7.05 Å². The predicted molar refractivity (Wildman–Crippen MR) is 117 cm³/mol. The van der Waals surface area contributed by atoms with E-state index in [9.17, 15) is 9.18 Å². The standard InChI is InChI=1S/C23H23FN6O/c1-14-3-4-17(13-27-14)20-21(15-5-6-16(12-25)19(24)11-15)28-23(29(2)22(20)31)30-9-7-18(26)8-10-30/h3-6,11,13,18H,7-10,26H2,1-2H3. The van der Waals surface area contributed by atoms with Gasteiger partial charge in [-0.05, 0) is 38.0 Å². The highest BCUT2D eigenvalue weighted by Crippen LogP contribution is 2.31. The summed E-state index contributed by atoms with van der Waals surface area (Å²) in [5, 5.41) is 9.07. The third-order valence-electron chi connectivity index (χ3n) is 5.65. The Bertz CT molecular complexity index is 1220. The summed E-state index contributed by atoms with van der Waals surface area (Å²) in [4.78, 5) is 24.6. The molecule has 3 heterocycles. The molecule has 4 rings (SSSR count). The van der Waals surface area contributed by atoms with Crippen molar-refractivity contribution in [3.63, 3.8) is 0 Å². The molecule has 0 aliphatic carbocycles. The summed E-state index contributed by atoms with van der Waals surface area (Å²) in [6.45, 7) is 3.24. The van der Waals surface area contributed by atoms with Gasteiger partial charge in [-0.1, -0.05) is 12.1 Å². The van der Waals surface area contributed by atoms with E-state index in [4.69, 9.17) is 16.0 Å². The van der Waals surface area contributed by atoms with Crippen LogP contribution in [-0.4, -0.2) is 33.7 Å². The molecule has 2 aromatic heterocycles. The van der Waals surface area contributed by atoms with E-state index in [1.54, 1.807) is 19.3 Å². The maximum Gasteiger partial charge on any atom is 0.263 e. The van der Waals surface area contributed by atoms with E-state index < -0.39 is 5.82 Å². The molecule has 0 saturated carbocycles. The van der Waals surface area contributed by atoms with Gasteiger partial charge in [0.05, 0.1) is 16.8 Å². The third-order valence-corrected chi connectivity index (χ3v) is 5.65. The molecule has 7 nitrogen and oxygen atoms in total. The molecule has 1 aliphatic rings. The summed E-state index contributed by atoms with van der Waals surface area (Å²) < 4.78 is 16.0. The second-order valence-corrected chi connectivity index (χ2v) is 7.82. The van der Waals surface area contributed by atoms with Gasteiger partial charge in [-0.3, -0.25) is 14.3 Å². The summed E-state index contributed by atoms with van der Waals surface area (Å²) in [6.07, 6.45) is 3.23. The fourth-order valence-corrected chi connectivity index (χ4v) is 3.81. The molecule has 0 radical (unpaired) electrons. The van der Waals surface area contributed by atoms with Crippen LogP contribution >= 0.6 is 0 Å². The molecule has 1 aromatic carbocycles. The van der Waals surface area contributed by atoms with Gasteiger partial charge in [-0.25, -0.2) is 9.37 Å². The normalized spacial score (nSPS) is 14.5. The largest absolute Gasteiger partial charge is 0.342 e. The molecule has 31 heavy (non-hydrogen) atoms. The Balaban J connectivity index is 1.95. The first kappa shape index (κ1) is 20.7. The van der Waals surface area contributed by atoms with Gasteiger partial charge in [0, 0.05) is 49.2 Å². The Morgan fingerprint density at radius 1 is 1.19 bits per heavy atom. The lowest BCUT2D eigenvalue weighted by atomic mass is 10.00. The molecule has 1 fully saturated rings. The van der Waals surface area contributed by atoms with Crippen LogP contribution in [0, 0.1) is 24.1 Å². The molecule has 1 saturated heterocycles. The lowest BCUT2D eigenvalue weighted by molar-refractivity contribution is 0.490. The van der Waals surface area contributed by atoms with Crippen LogP contribution < -0.4 is 16.2 Å². The summed E-state index contributed by atoms with van der Waals surface area (Å²) >= 11 is 0. The zero-order chi connectivity index (χ0) is 22.1. The van der Waals surface area contributed by atoms with Crippen molar-refractivity contribution in [1.82, 2.24) is 14.5 Å². The number of halogens is 1. The van der Waals surface area contributed by atoms with Crippen molar-refractivity contribution in [1.29, 1.82) is 5.26 Å². The van der Waals surface area contributed by atoms with Gasteiger partial charge in [0.2, 0.25) is 5.95 Å². The molecular formula is C23H23FN6O. The van der Waals surface area contributed by atoms with Crippen LogP contribution in [0.25, 0.3) is 22.4 Å². The number of anilines is 1. The monoisotopic (exact) mass is 418 g/mol. The van der Waals surface area contributed by atoms with Gasteiger partial charge in [-0.15, -0.1) is 0 Å². The predicted octanol–water partition coefficient (Wildman–Crippen LogP) is 2.76. The van der Waals surface area contributed by atoms with Crippen molar-refractivity contribution >= 4 is 5.95 Å². The highest BCUT2D eigenvalue weighted by Gasteiger charge is 2.24. The fraction of sp³-hybridized carbons (Fsp3) is 0.304. The van der Waals surface area contributed by atoms with Gasteiger partial charge < -0.3 is 10.6 Å². The second-order valence-electron chi connectivity index (χ2n) is 7.82. The number of piperidine rings is 1. The van der Waals surface area contributed by atoms with Gasteiger partial charge in [0.15, 0.2) is 0 Å². The minimum Gasteiger partial charge on any atom is -0.342 e. The fourth-order valence-electron chi connectivity index (χ4n) is 3.81. The first-order valence-electron chi connectivity index (χ1n) is 10.1. The lowest BCUT2D eigenvalue weighted by Gasteiger charge is -2.32. The Kier molecular flexibility index (Phi) is 5.53. The number of pyridine rings is 1. The van der Waals surface area contributed by atoms with Gasteiger partial charge in [0.1, 0.15) is 11.9 Å². The van der Waals surface area contributed by atoms with E-state index in [0.717, 1.165) is 18.5 Å². The van der Waals surface area contributed by atoms with Crippen LogP contribution in [0.1, 0.15) is 24.1 Å². The van der Waals surface area contributed by atoms with Crippen LogP contribution in [0.5, 0.6) is 0 Å². The number of rotatable bonds is 3. The second kappa shape index (κ2) is 8.28. The maximum absolute atomic E-state index is 14.4. The molecule has 2 N–H and O–H groups in total. The quantitative estimate of drug-likeness (QED) is 0.702. The molecule has 0 unspecified atom stereocenters. The van der Waals surface area contributed by atoms with E-state index >= 15 is 0 Å². The van der Waals surface area contributed by atoms with Gasteiger partial charge in [-0.2, -0.15) is 5.26 Å². The van der Waals surface area contributed by atoms with E-state index in [1.165, 1.54) is 16.7 Å². The summed E-state index contributed by atoms with van der Waals surface area (Å²) in [7, 11) is 1.69. The first-order valence-corrected chi connectivity index (χ1v) is 10.1. The number of nitrogens with zero attached hydrogens (tertiary/aromatic N) is 5. The van der Waals surface area contributed by atoms with Crippen molar-refractivity contribution in [3.05, 3.63) is 64.0 Å². The first-order chi connectivity index (χ1) is 14.9. The number of nitriles is 1. The summed E-state index contributed by atoms with van der Waals surface area (Å²) in [5.74, 6) is -0.138. The Morgan fingerprint density at radius 3 is 2.52 bits per heavy atom. The molecule has 0 amide bonds. The molecule has 0 bridgehead atoms. The highest BCUT2D eigenvalue weighted by atomic mass is 19.1. The number of aryl methyl sites for hydroxylation is 1. The van der Waals surface area contributed by atoms with Crippen molar-refractivity contribution in [3.8, 4) is 28.5 Å². The number of nitrogens with two attached hydrogens (primary N) is 1. The van der Waals surface area contributed by atoms with Crippen molar-refractivity contribution < 1.29 is 4.39 Å². The minimum absolute atomic E-state index is 0.0589. The SMILES string of the molecule is Cc1ccc(-c2c(-c3ccc(C#N)c(F)c3)nc(N3CCC(N)CC3)n(C)c2=O)cn1. The number of benzene rings is 1. The summed E-state index contributed by atoms with van der Waals surface area (Å²) in [5.41, 5.74) is 8.29. The Hall–Kier alpha value is -3.57. The molecular weight excluding hydrogens is 395 g/mol. The molecule has 1 aliphatic heterocycles. The average molecular weight is 418 g/mol. The number of hydrogen-bond acceptors (Lipinski definition) is 6. The molecule has 3 aromatic rings. The summed E-state index contributed by atoms with van der Waals surface area (Å²) in [6, 6.07) is 9.86. The highest BCUT2D eigenvalue weighted by molar-refractivity contribution is 5.81. The van der Waals surface area contributed by atoms with Crippen LogP contribution in [0.15, 0.2) is 41.3 Å². The molecule has 8 heteroatoms. The molecule has 0 spiro atoms. The van der Waals surface area contributed by atoms with Gasteiger partial charge >= 0.3 is 0 Å². The third kappa shape index (κ3) is 3.92. The number of aromatic nitrogens is 3. The lowest BCUT2D eigenvalue weighted by Crippen LogP contribution is -2.42. The Labute approximate surface area is 179 Å². The van der Waals surface area contributed by atoms with Crippen molar-refractivity contribution in [2.24, 2.45) is 12.8 Å². The van der Waals surface area contributed by atoms with E-state index in [2.05, 4.69) is 4.98 Å². The minimum atomic E-state index is -0.652. The van der Waals surface area contributed by atoms with E-state index in [-0.39, 0.29) is 17.2 Å². The zero-order valence-electron chi connectivity index (χ0n) is 17.5. The number of hydrogen-bond donors (Lipinski definition) is 1. The van der Waals surface area contributed by atoms with Crippen molar-refractivity contribution in [2.75, 3.05) is 18.0 Å². The van der Waals surface area contributed by atoms with E-state index in [0.29, 0.717) is 41.4 Å². The van der Waals surface area contributed by atoms with Crippen LogP contribution in [0.4, 0.5) is 10.3 Å². The van der Waals surface area contributed by atoms with Gasteiger partial charge in [0.25, 0.3) is 5.56 Å². The zero-order valence-corrected chi connectivity index (χ0v) is 17.5. The molecule has 158 valence electrons. The van der Waals surface area contributed by atoms with E-state index in [1.807, 2.05) is 30.0 Å². The average Bonchev–Trinajstić information content (AvgIpc) is 2.77. The van der Waals surface area contributed by atoms with Crippen LogP contribution in [0.3, 0.4) is 0 Å². The Morgan fingerprint density at radius 2 is 1.90 bits per heavy atom.